The van der Waals surface area contributed by atoms with Crippen LogP contribution in [0.4, 0.5) is 0 Å². The molecule has 0 saturated carbocycles. The Balaban J connectivity index is 0.000000469. The molecule has 3 rings (SSSR count). The second-order valence-electron chi connectivity index (χ2n) is 13.2. The highest BCUT2D eigenvalue weighted by molar-refractivity contribution is 5.94. The van der Waals surface area contributed by atoms with E-state index >= 15 is 0 Å². The van der Waals surface area contributed by atoms with Crippen molar-refractivity contribution in [2.45, 2.75) is 131 Å². The number of azide groups is 1. The number of hydrogen-bond acceptors (Lipinski definition) is 6. The largest absolute Gasteiger partial charge is 0.374 e. The summed E-state index contributed by atoms with van der Waals surface area (Å²) < 4.78 is 12.0. The molecular weight excluding hydrogens is 554 g/mol. The van der Waals surface area contributed by atoms with Gasteiger partial charge in [-0.05, 0) is 84.4 Å². The minimum Gasteiger partial charge on any atom is -0.374 e. The molecule has 9 heteroatoms. The van der Waals surface area contributed by atoms with Gasteiger partial charge in [0.25, 0.3) is 5.91 Å². The number of amides is 1. The lowest BCUT2D eigenvalue weighted by atomic mass is 9.74. The van der Waals surface area contributed by atoms with E-state index in [9.17, 15) is 9.59 Å². The minimum absolute atomic E-state index is 0.0380. The van der Waals surface area contributed by atoms with E-state index in [1.54, 1.807) is 24.3 Å². The Morgan fingerprint density at radius 2 is 1.39 bits per heavy atom. The Bertz CT molecular complexity index is 1050. The number of Topliss-reactive ketones (excluding diaryl/α,β-unsaturated/α-hetero) is 1. The fourth-order valence-corrected chi connectivity index (χ4v) is 6.49. The average molecular weight is 614 g/mol. The Kier molecular flexibility index (Phi) is 16.4. The summed E-state index contributed by atoms with van der Waals surface area (Å²) in [5, 5.41) is 6.42. The fraction of sp³-hybridized carbons (Fsp3) is 0.771. The molecule has 44 heavy (non-hydrogen) atoms. The summed E-state index contributed by atoms with van der Waals surface area (Å²) in [6, 6.07) is 7.04. The molecule has 1 aromatic carbocycles. The van der Waals surface area contributed by atoms with Crippen LogP contribution in [0.1, 0.15) is 116 Å². The zero-order valence-electron chi connectivity index (χ0n) is 28.5. The Morgan fingerprint density at radius 1 is 0.818 bits per heavy atom. The van der Waals surface area contributed by atoms with Crippen molar-refractivity contribution in [1.29, 1.82) is 0 Å². The maximum atomic E-state index is 12.5. The molecule has 248 valence electrons. The Labute approximate surface area is 266 Å². The topological polar surface area (TPSA) is 139 Å². The van der Waals surface area contributed by atoms with Gasteiger partial charge < -0.3 is 20.5 Å². The molecule has 3 N–H and O–H groups in total. The predicted molar refractivity (Wildman–Crippen MR) is 177 cm³/mol. The van der Waals surface area contributed by atoms with Crippen molar-refractivity contribution in [1.82, 2.24) is 5.32 Å². The zero-order chi connectivity index (χ0) is 32.8. The number of nitrogens with one attached hydrogen (secondary N) is 1. The number of unbranched alkanes of at least 4 members (excludes halogenated alkanes) is 2. The van der Waals surface area contributed by atoms with Crippen LogP contribution >= 0.6 is 0 Å². The van der Waals surface area contributed by atoms with Crippen LogP contribution < -0.4 is 11.1 Å². The summed E-state index contributed by atoms with van der Waals surface area (Å²) in [6.07, 6.45) is 6.36. The van der Waals surface area contributed by atoms with Crippen LogP contribution in [0.15, 0.2) is 29.4 Å². The maximum absolute atomic E-state index is 12.5. The monoisotopic (exact) mass is 613 g/mol. The van der Waals surface area contributed by atoms with Crippen LogP contribution in [0.3, 0.4) is 0 Å². The first-order chi connectivity index (χ1) is 20.9. The molecule has 2 aliphatic rings. The number of hydrogen-bond donors (Lipinski definition) is 2. The van der Waals surface area contributed by atoms with Crippen LogP contribution in [0.5, 0.6) is 0 Å². The number of carbonyl (C=O) groups excluding carboxylic acids is 2. The third-order valence-electron chi connectivity index (χ3n) is 10.5. The molecule has 10 atom stereocenters. The smallest absolute Gasteiger partial charge is 0.251 e. The van der Waals surface area contributed by atoms with E-state index in [0.717, 1.165) is 37.7 Å². The first-order valence-corrected chi connectivity index (χ1v) is 16.9. The third kappa shape index (κ3) is 11.2. The molecule has 0 radical (unpaired) electrons. The summed E-state index contributed by atoms with van der Waals surface area (Å²) in [5.74, 6) is 3.48. The van der Waals surface area contributed by atoms with Gasteiger partial charge in [0.1, 0.15) is 12.0 Å². The van der Waals surface area contributed by atoms with Gasteiger partial charge in [-0.25, -0.2) is 0 Å². The van der Waals surface area contributed by atoms with Crippen molar-refractivity contribution >= 4 is 11.7 Å². The number of nitrogens with zero attached hydrogens (tertiary/aromatic N) is 3. The molecule has 0 bridgehead atoms. The van der Waals surface area contributed by atoms with Crippen LogP contribution in [-0.4, -0.2) is 42.8 Å². The van der Waals surface area contributed by atoms with Gasteiger partial charge in [-0.3, -0.25) is 9.59 Å². The van der Waals surface area contributed by atoms with Crippen molar-refractivity contribution in [3.05, 3.63) is 45.8 Å². The van der Waals surface area contributed by atoms with Gasteiger partial charge in [0.2, 0.25) is 0 Å². The van der Waals surface area contributed by atoms with Gasteiger partial charge in [-0.1, -0.05) is 79.1 Å². The Hall–Kier alpha value is -2.45. The van der Waals surface area contributed by atoms with Gasteiger partial charge in [0, 0.05) is 29.9 Å². The standard InChI is InChI=1S/C25H38N4O3.C10H21NO/c1-5-23-18(3)17(2)19(4)24(32-23)15-22(30)9-7-6-8-14-27-25(31)21-12-10-20(11-13-21)16-28-29-26;1-5-9-7(3)6(2)8(4)10(11)12-9/h10-13,17-19,23-24H,5-9,14-16H2,1-4H3,(H,27,31);6-10H,5,11H2,1-4H3/t17-,18-,19?,23?,24-;6-,7-,8?,9?,10+/m00/s1. The summed E-state index contributed by atoms with van der Waals surface area (Å²) in [4.78, 5) is 27.4. The molecule has 2 fully saturated rings. The fourth-order valence-electron chi connectivity index (χ4n) is 6.49. The van der Waals surface area contributed by atoms with Gasteiger partial charge in [0.15, 0.2) is 0 Å². The average Bonchev–Trinajstić information content (AvgIpc) is 3.03. The lowest BCUT2D eigenvalue weighted by Crippen LogP contribution is -2.48. The van der Waals surface area contributed by atoms with E-state index < -0.39 is 0 Å². The molecule has 9 nitrogen and oxygen atoms in total. The molecule has 2 saturated heterocycles. The lowest BCUT2D eigenvalue weighted by molar-refractivity contribution is -0.147. The molecule has 0 aromatic heterocycles. The van der Waals surface area contributed by atoms with E-state index in [2.05, 4.69) is 70.7 Å². The zero-order valence-corrected chi connectivity index (χ0v) is 28.5. The van der Waals surface area contributed by atoms with Crippen molar-refractivity contribution in [3.8, 4) is 0 Å². The highest BCUT2D eigenvalue weighted by atomic mass is 16.5. The first kappa shape index (κ1) is 37.7. The summed E-state index contributed by atoms with van der Waals surface area (Å²) in [5.41, 5.74) is 15.7. The van der Waals surface area contributed by atoms with Crippen LogP contribution in [0, 0.1) is 35.5 Å². The van der Waals surface area contributed by atoms with E-state index in [4.69, 9.17) is 20.7 Å². The molecule has 0 aliphatic carbocycles. The summed E-state index contributed by atoms with van der Waals surface area (Å²) >= 11 is 0. The molecule has 4 unspecified atom stereocenters. The molecule has 0 spiro atoms. The van der Waals surface area contributed by atoms with E-state index in [-0.39, 0.29) is 36.7 Å². The van der Waals surface area contributed by atoms with Gasteiger partial charge in [-0.2, -0.15) is 0 Å². The van der Waals surface area contributed by atoms with Gasteiger partial charge >= 0.3 is 0 Å². The van der Waals surface area contributed by atoms with E-state index in [1.165, 1.54) is 0 Å². The second kappa shape index (κ2) is 19.2. The predicted octanol–water partition coefficient (Wildman–Crippen LogP) is 7.82. The number of ether oxygens (including phenoxy) is 2. The van der Waals surface area contributed by atoms with E-state index in [0.29, 0.717) is 66.6 Å². The van der Waals surface area contributed by atoms with Crippen molar-refractivity contribution in [2.75, 3.05) is 6.54 Å². The molecule has 1 amide bonds. The molecule has 2 heterocycles. The highest BCUT2D eigenvalue weighted by Gasteiger charge is 2.39. The SMILES string of the molecule is CCC1O[C@@H](CC(=O)CCCCCNC(=O)c2ccc(CN=[N+]=[N-])cc2)C(C)[C@@H](C)[C@@H]1C.CCC1O[C@@H](N)C(C)[C@@H](C)[C@@H]1C. The molecule has 1 aromatic rings. The van der Waals surface area contributed by atoms with Crippen molar-refractivity contribution < 1.29 is 19.1 Å². The highest BCUT2D eigenvalue weighted by Crippen LogP contribution is 2.37. The van der Waals surface area contributed by atoms with Gasteiger partial charge in [0.05, 0.1) is 24.9 Å². The molecular formula is C35H59N5O4. The van der Waals surface area contributed by atoms with Crippen molar-refractivity contribution in [2.24, 2.45) is 46.4 Å². The number of ketones is 1. The molecule has 2 aliphatic heterocycles. The van der Waals surface area contributed by atoms with Gasteiger partial charge in [-0.15, -0.1) is 0 Å². The summed E-state index contributed by atoms with van der Waals surface area (Å²) in [6.45, 7) is 18.7. The Morgan fingerprint density at radius 3 is 1.98 bits per heavy atom. The van der Waals surface area contributed by atoms with Crippen LogP contribution in [0.2, 0.25) is 0 Å². The number of nitrogens with two attached hydrogens (primary N) is 1. The second-order valence-corrected chi connectivity index (χ2v) is 13.2. The minimum atomic E-state index is -0.117. The lowest BCUT2D eigenvalue weighted by Gasteiger charge is -2.43. The number of rotatable bonds is 13. The number of carbonyl (C=O) groups is 2. The first-order valence-electron chi connectivity index (χ1n) is 16.9. The number of benzene rings is 1. The third-order valence-corrected chi connectivity index (χ3v) is 10.5. The quantitative estimate of drug-likeness (QED) is 0.101. The van der Waals surface area contributed by atoms with Crippen LogP contribution in [-0.2, 0) is 20.8 Å². The van der Waals surface area contributed by atoms with E-state index in [1.807, 2.05) is 0 Å². The maximum Gasteiger partial charge on any atom is 0.251 e. The van der Waals surface area contributed by atoms with Crippen molar-refractivity contribution in [3.63, 3.8) is 0 Å². The van der Waals surface area contributed by atoms with Crippen LogP contribution in [0.25, 0.3) is 10.4 Å². The normalized spacial score (nSPS) is 31.7. The summed E-state index contributed by atoms with van der Waals surface area (Å²) in [7, 11) is 0.